The predicted molar refractivity (Wildman–Crippen MR) is 79.3 cm³/mol. The number of benzene rings is 1. The third kappa shape index (κ3) is 3.28. The summed E-state index contributed by atoms with van der Waals surface area (Å²) in [6, 6.07) is 14.1. The van der Waals surface area contributed by atoms with E-state index in [2.05, 4.69) is 38.2 Å². The molecular weight excluding hydrogens is 270 g/mol. The van der Waals surface area contributed by atoms with Crippen LogP contribution >= 0.6 is 11.3 Å². The Morgan fingerprint density at radius 2 is 2.00 bits per heavy atom. The molecule has 3 aromatic rings. The molecule has 0 bridgehead atoms. The predicted octanol–water partition coefficient (Wildman–Crippen LogP) is 2.19. The zero-order chi connectivity index (χ0) is 13.6. The van der Waals surface area contributed by atoms with Gasteiger partial charge in [-0.05, 0) is 16.7 Å². The molecule has 20 heavy (non-hydrogen) atoms. The highest BCUT2D eigenvalue weighted by Crippen LogP contribution is 2.11. The highest BCUT2D eigenvalue weighted by atomic mass is 32.1. The van der Waals surface area contributed by atoms with Crippen LogP contribution in [0.3, 0.4) is 0 Å². The molecule has 0 unspecified atom stereocenters. The highest BCUT2D eigenvalue weighted by Gasteiger charge is 2.04. The molecule has 2 heterocycles. The molecule has 0 saturated heterocycles. The van der Waals surface area contributed by atoms with Crippen molar-refractivity contribution >= 4 is 11.3 Å². The first kappa shape index (κ1) is 13.0. The van der Waals surface area contributed by atoms with Crippen molar-refractivity contribution in [3.05, 3.63) is 52.7 Å². The lowest BCUT2D eigenvalue weighted by Gasteiger charge is -2.01. The van der Waals surface area contributed by atoms with E-state index in [1.807, 2.05) is 30.3 Å². The lowest BCUT2D eigenvalue weighted by molar-refractivity contribution is 0.492. The van der Waals surface area contributed by atoms with Crippen molar-refractivity contribution in [3.8, 4) is 11.4 Å². The summed E-state index contributed by atoms with van der Waals surface area (Å²) < 4.78 is 0. The van der Waals surface area contributed by atoms with Crippen molar-refractivity contribution in [2.24, 2.45) is 0 Å². The minimum absolute atomic E-state index is 0.670. The molecule has 0 aliphatic carbocycles. The molecule has 102 valence electrons. The summed E-state index contributed by atoms with van der Waals surface area (Å²) in [7, 11) is 0. The number of nitrogens with zero attached hydrogens (tertiary/aromatic N) is 4. The van der Waals surface area contributed by atoms with E-state index in [4.69, 9.17) is 0 Å². The molecule has 1 aromatic carbocycles. The molecule has 6 heteroatoms. The van der Waals surface area contributed by atoms with Gasteiger partial charge in [0.1, 0.15) is 0 Å². The molecule has 0 aliphatic heterocycles. The molecule has 0 amide bonds. The number of tetrazole rings is 1. The minimum atomic E-state index is 0.670. The molecule has 5 nitrogen and oxygen atoms in total. The van der Waals surface area contributed by atoms with Crippen LogP contribution in [0, 0.1) is 0 Å². The molecule has 0 aliphatic rings. The van der Waals surface area contributed by atoms with Gasteiger partial charge < -0.3 is 5.32 Å². The fourth-order valence-corrected chi connectivity index (χ4v) is 2.52. The number of nitrogens with one attached hydrogen (secondary N) is 1. The van der Waals surface area contributed by atoms with E-state index in [9.17, 15) is 0 Å². The second kappa shape index (κ2) is 6.40. The maximum Gasteiger partial charge on any atom is 0.204 e. The second-order valence-corrected chi connectivity index (χ2v) is 5.36. The molecular formula is C14H15N5S. The fraction of sp³-hybridized carbons (Fsp3) is 0.214. The summed E-state index contributed by atoms with van der Waals surface area (Å²) in [6.07, 6.45) is 0. The average molecular weight is 285 g/mol. The smallest absolute Gasteiger partial charge is 0.204 e. The minimum Gasteiger partial charge on any atom is -0.310 e. The van der Waals surface area contributed by atoms with Crippen LogP contribution in [0.15, 0.2) is 47.8 Å². The van der Waals surface area contributed by atoms with Crippen LogP contribution in [0.2, 0.25) is 0 Å². The molecule has 0 atom stereocenters. The quantitative estimate of drug-likeness (QED) is 0.705. The highest BCUT2D eigenvalue weighted by molar-refractivity contribution is 7.09. The van der Waals surface area contributed by atoms with Gasteiger partial charge in [-0.1, -0.05) is 36.4 Å². The number of hydrogen-bond acceptors (Lipinski definition) is 5. The van der Waals surface area contributed by atoms with Crippen LogP contribution in [0.25, 0.3) is 11.4 Å². The Bertz CT molecular complexity index is 633. The van der Waals surface area contributed by atoms with E-state index >= 15 is 0 Å². The van der Waals surface area contributed by atoms with Gasteiger partial charge in [0.05, 0.1) is 6.54 Å². The van der Waals surface area contributed by atoms with Gasteiger partial charge >= 0.3 is 0 Å². The summed E-state index contributed by atoms with van der Waals surface area (Å²) in [5, 5.41) is 18.0. The lowest BCUT2D eigenvalue weighted by Crippen LogP contribution is -2.20. The molecule has 1 N–H and O–H groups in total. The lowest BCUT2D eigenvalue weighted by atomic mass is 10.2. The third-order valence-electron chi connectivity index (χ3n) is 2.85. The van der Waals surface area contributed by atoms with Crippen LogP contribution < -0.4 is 5.32 Å². The zero-order valence-corrected chi connectivity index (χ0v) is 11.8. The maximum atomic E-state index is 4.37. The van der Waals surface area contributed by atoms with Gasteiger partial charge in [0.2, 0.25) is 5.82 Å². The standard InChI is InChI=1S/C14H15N5S/c1-2-5-12(6-3-1)14-16-18-19(17-14)9-8-15-11-13-7-4-10-20-13/h1-7,10,15H,8-9,11H2. The van der Waals surface area contributed by atoms with Gasteiger partial charge in [0.25, 0.3) is 0 Å². The van der Waals surface area contributed by atoms with E-state index in [0.29, 0.717) is 12.4 Å². The van der Waals surface area contributed by atoms with Gasteiger partial charge in [-0.25, -0.2) is 0 Å². The maximum absolute atomic E-state index is 4.37. The first-order chi connectivity index (χ1) is 9.92. The first-order valence-electron chi connectivity index (χ1n) is 6.48. The van der Waals surface area contributed by atoms with Crippen LogP contribution in [-0.4, -0.2) is 26.8 Å². The number of thiophene rings is 1. The summed E-state index contributed by atoms with van der Waals surface area (Å²) in [5.74, 6) is 0.670. The van der Waals surface area contributed by atoms with Crippen LogP contribution in [-0.2, 0) is 13.1 Å². The van der Waals surface area contributed by atoms with Gasteiger partial charge in [-0.15, -0.1) is 21.5 Å². The monoisotopic (exact) mass is 285 g/mol. The van der Waals surface area contributed by atoms with Gasteiger partial charge in [-0.3, -0.25) is 0 Å². The third-order valence-corrected chi connectivity index (χ3v) is 3.73. The van der Waals surface area contributed by atoms with Crippen molar-refractivity contribution < 1.29 is 0 Å². The van der Waals surface area contributed by atoms with E-state index in [1.54, 1.807) is 16.1 Å². The second-order valence-electron chi connectivity index (χ2n) is 4.33. The number of aromatic nitrogens is 4. The summed E-state index contributed by atoms with van der Waals surface area (Å²) in [6.45, 7) is 2.42. The van der Waals surface area contributed by atoms with Crippen molar-refractivity contribution in [2.75, 3.05) is 6.54 Å². The van der Waals surface area contributed by atoms with Gasteiger partial charge in [0.15, 0.2) is 0 Å². The normalized spacial score (nSPS) is 10.8. The van der Waals surface area contributed by atoms with Crippen molar-refractivity contribution in [1.82, 2.24) is 25.5 Å². The Hall–Kier alpha value is -2.05. The fourth-order valence-electron chi connectivity index (χ4n) is 1.84. The summed E-state index contributed by atoms with van der Waals surface area (Å²) in [4.78, 5) is 2.96. The number of hydrogen-bond donors (Lipinski definition) is 1. The van der Waals surface area contributed by atoms with Crippen molar-refractivity contribution in [1.29, 1.82) is 0 Å². The van der Waals surface area contributed by atoms with Crippen LogP contribution in [0.5, 0.6) is 0 Å². The average Bonchev–Trinajstić information content (AvgIpc) is 3.16. The molecule has 0 spiro atoms. The molecule has 0 saturated carbocycles. The Kier molecular flexibility index (Phi) is 4.15. The zero-order valence-electron chi connectivity index (χ0n) is 10.9. The molecule has 3 rings (SSSR count). The molecule has 0 radical (unpaired) electrons. The topological polar surface area (TPSA) is 55.6 Å². The Morgan fingerprint density at radius 3 is 2.80 bits per heavy atom. The Labute approximate surface area is 121 Å². The van der Waals surface area contributed by atoms with Crippen LogP contribution in [0.1, 0.15) is 4.88 Å². The van der Waals surface area contributed by atoms with E-state index in [1.165, 1.54) is 4.88 Å². The summed E-state index contributed by atoms with van der Waals surface area (Å²) >= 11 is 1.76. The number of rotatable bonds is 6. The summed E-state index contributed by atoms with van der Waals surface area (Å²) in [5.41, 5.74) is 0.991. The van der Waals surface area contributed by atoms with Crippen molar-refractivity contribution in [3.63, 3.8) is 0 Å². The van der Waals surface area contributed by atoms with E-state index in [0.717, 1.165) is 18.7 Å². The van der Waals surface area contributed by atoms with Crippen LogP contribution in [0.4, 0.5) is 0 Å². The molecule has 2 aromatic heterocycles. The largest absolute Gasteiger partial charge is 0.310 e. The van der Waals surface area contributed by atoms with Gasteiger partial charge in [0, 0.05) is 23.5 Å². The SMILES string of the molecule is c1ccc(-c2nnn(CCNCc3cccs3)n2)cc1. The van der Waals surface area contributed by atoms with E-state index < -0.39 is 0 Å². The first-order valence-corrected chi connectivity index (χ1v) is 7.36. The van der Waals surface area contributed by atoms with E-state index in [-0.39, 0.29) is 0 Å². The van der Waals surface area contributed by atoms with Crippen molar-refractivity contribution in [2.45, 2.75) is 13.1 Å². The molecule has 0 fully saturated rings. The Morgan fingerprint density at radius 1 is 1.10 bits per heavy atom. The van der Waals surface area contributed by atoms with Gasteiger partial charge in [-0.2, -0.15) is 4.80 Å². The Balaban J connectivity index is 1.50.